The fourth-order valence-corrected chi connectivity index (χ4v) is 2.66. The van der Waals surface area contributed by atoms with Gasteiger partial charge in [0.15, 0.2) is 0 Å². The molecule has 0 bridgehead atoms. The minimum absolute atomic E-state index is 0.548. The molecule has 0 aliphatic heterocycles. The molecule has 0 fully saturated rings. The molecular formula is C15H17N3. The number of benzene rings is 1. The largest absolute Gasteiger partial charge is 0.369 e. The van der Waals surface area contributed by atoms with E-state index in [0.29, 0.717) is 5.92 Å². The Labute approximate surface area is 107 Å². The van der Waals surface area contributed by atoms with E-state index in [4.69, 9.17) is 0 Å². The van der Waals surface area contributed by atoms with E-state index in [2.05, 4.69) is 59.7 Å². The first-order valence-electron chi connectivity index (χ1n) is 6.49. The van der Waals surface area contributed by atoms with Gasteiger partial charge in [0, 0.05) is 12.1 Å². The average Bonchev–Trinajstić information content (AvgIpc) is 2.39. The van der Waals surface area contributed by atoms with Gasteiger partial charge in [-0.1, -0.05) is 31.2 Å². The molecule has 1 N–H and O–H groups in total. The van der Waals surface area contributed by atoms with Crippen molar-refractivity contribution in [3.63, 3.8) is 0 Å². The molecule has 0 amide bonds. The molecule has 18 heavy (non-hydrogen) atoms. The Balaban J connectivity index is 2.12. The number of rotatable bonds is 2. The molecule has 1 unspecified atom stereocenters. The smallest absolute Gasteiger partial charge is 0.148 e. The first-order chi connectivity index (χ1) is 8.79. The van der Waals surface area contributed by atoms with Crippen molar-refractivity contribution in [1.82, 2.24) is 10.2 Å². The summed E-state index contributed by atoms with van der Waals surface area (Å²) in [5, 5.41) is 11.9. The second-order valence-corrected chi connectivity index (χ2v) is 4.83. The number of hydrogen-bond acceptors (Lipinski definition) is 3. The summed E-state index contributed by atoms with van der Waals surface area (Å²) >= 11 is 0. The molecule has 3 heteroatoms. The van der Waals surface area contributed by atoms with Crippen molar-refractivity contribution < 1.29 is 0 Å². The Morgan fingerprint density at radius 1 is 1.28 bits per heavy atom. The first kappa shape index (κ1) is 11.2. The molecule has 1 heterocycles. The minimum Gasteiger partial charge on any atom is -0.369 e. The van der Waals surface area contributed by atoms with E-state index in [1.165, 1.54) is 16.7 Å². The first-order valence-corrected chi connectivity index (χ1v) is 6.49. The van der Waals surface area contributed by atoms with Crippen LogP contribution < -0.4 is 5.32 Å². The standard InChI is InChI=1S/C15H17N3/c1-3-16-14-9-11-8-10(2)12-6-4-5-7-13(12)15(11)18-17-14/h4-7,9-10H,3,8H2,1-2H3,(H,16,17). The fourth-order valence-electron chi connectivity index (χ4n) is 2.66. The molecular weight excluding hydrogens is 222 g/mol. The van der Waals surface area contributed by atoms with Gasteiger partial charge in [-0.05, 0) is 36.5 Å². The summed E-state index contributed by atoms with van der Waals surface area (Å²) in [5.41, 5.74) is 4.97. The van der Waals surface area contributed by atoms with Crippen molar-refractivity contribution in [2.24, 2.45) is 0 Å². The topological polar surface area (TPSA) is 37.8 Å². The zero-order valence-electron chi connectivity index (χ0n) is 10.8. The van der Waals surface area contributed by atoms with Crippen molar-refractivity contribution in [2.45, 2.75) is 26.2 Å². The normalized spacial score (nSPS) is 16.9. The highest BCUT2D eigenvalue weighted by Gasteiger charge is 2.23. The SMILES string of the molecule is CCNc1cc2c(nn1)-c1ccccc1C(C)C2. The summed E-state index contributed by atoms with van der Waals surface area (Å²) < 4.78 is 0. The van der Waals surface area contributed by atoms with E-state index in [1.54, 1.807) is 0 Å². The van der Waals surface area contributed by atoms with Crippen LogP contribution in [0, 0.1) is 0 Å². The van der Waals surface area contributed by atoms with Gasteiger partial charge in [0.2, 0.25) is 0 Å². The monoisotopic (exact) mass is 239 g/mol. The maximum atomic E-state index is 4.40. The zero-order chi connectivity index (χ0) is 12.5. The third kappa shape index (κ3) is 1.76. The van der Waals surface area contributed by atoms with Crippen LogP contribution in [0.25, 0.3) is 11.3 Å². The van der Waals surface area contributed by atoms with E-state index in [9.17, 15) is 0 Å². The van der Waals surface area contributed by atoms with Crippen molar-refractivity contribution in [2.75, 3.05) is 11.9 Å². The van der Waals surface area contributed by atoms with Gasteiger partial charge in [-0.2, -0.15) is 0 Å². The number of nitrogens with zero attached hydrogens (tertiary/aromatic N) is 2. The summed E-state index contributed by atoms with van der Waals surface area (Å²) in [6.07, 6.45) is 1.04. The molecule has 92 valence electrons. The van der Waals surface area contributed by atoms with Gasteiger partial charge in [0.25, 0.3) is 0 Å². The average molecular weight is 239 g/mol. The summed E-state index contributed by atoms with van der Waals surface area (Å²) in [7, 11) is 0. The molecule has 1 aromatic carbocycles. The van der Waals surface area contributed by atoms with Crippen molar-refractivity contribution in [3.8, 4) is 11.3 Å². The molecule has 0 saturated heterocycles. The quantitative estimate of drug-likeness (QED) is 0.874. The molecule has 1 aliphatic carbocycles. The number of aromatic nitrogens is 2. The molecule has 3 nitrogen and oxygen atoms in total. The van der Waals surface area contributed by atoms with Gasteiger partial charge in [-0.15, -0.1) is 10.2 Å². The maximum Gasteiger partial charge on any atom is 0.148 e. The van der Waals surface area contributed by atoms with Crippen LogP contribution in [0.5, 0.6) is 0 Å². The lowest BCUT2D eigenvalue weighted by Crippen LogP contribution is -2.12. The highest BCUT2D eigenvalue weighted by Crippen LogP contribution is 2.38. The van der Waals surface area contributed by atoms with Gasteiger partial charge in [0.05, 0.1) is 5.69 Å². The van der Waals surface area contributed by atoms with E-state index in [1.807, 2.05) is 0 Å². The second-order valence-electron chi connectivity index (χ2n) is 4.83. The highest BCUT2D eigenvalue weighted by atomic mass is 15.2. The van der Waals surface area contributed by atoms with Gasteiger partial charge >= 0.3 is 0 Å². The third-order valence-electron chi connectivity index (χ3n) is 3.50. The van der Waals surface area contributed by atoms with Gasteiger partial charge in [0.1, 0.15) is 5.82 Å². The molecule has 2 aromatic rings. The van der Waals surface area contributed by atoms with Crippen LogP contribution in [0.3, 0.4) is 0 Å². The van der Waals surface area contributed by atoms with E-state index < -0.39 is 0 Å². The summed E-state index contributed by atoms with van der Waals surface area (Å²) in [5.74, 6) is 1.43. The lowest BCUT2D eigenvalue weighted by Gasteiger charge is -2.24. The Hall–Kier alpha value is -1.90. The minimum atomic E-state index is 0.548. The van der Waals surface area contributed by atoms with Crippen LogP contribution in [0.15, 0.2) is 30.3 Å². The van der Waals surface area contributed by atoms with Gasteiger partial charge < -0.3 is 5.32 Å². The van der Waals surface area contributed by atoms with Crippen molar-refractivity contribution in [1.29, 1.82) is 0 Å². The summed E-state index contributed by atoms with van der Waals surface area (Å²) in [6.45, 7) is 5.22. The predicted octanol–water partition coefficient (Wildman–Crippen LogP) is 3.24. The Kier molecular flexibility index (Phi) is 2.74. The Bertz CT molecular complexity index is 578. The molecule has 0 radical (unpaired) electrons. The predicted molar refractivity (Wildman–Crippen MR) is 73.8 cm³/mol. The van der Waals surface area contributed by atoms with E-state index >= 15 is 0 Å². The lowest BCUT2D eigenvalue weighted by atomic mass is 9.82. The van der Waals surface area contributed by atoms with Crippen LogP contribution >= 0.6 is 0 Å². The van der Waals surface area contributed by atoms with Crippen LogP contribution in [-0.2, 0) is 6.42 Å². The van der Waals surface area contributed by atoms with Gasteiger partial charge in [-0.3, -0.25) is 0 Å². The molecule has 0 saturated carbocycles. The second kappa shape index (κ2) is 4.41. The zero-order valence-corrected chi connectivity index (χ0v) is 10.8. The molecule has 0 spiro atoms. The molecule has 1 atom stereocenters. The fraction of sp³-hybridized carbons (Fsp3) is 0.333. The molecule has 1 aromatic heterocycles. The van der Waals surface area contributed by atoms with Crippen LogP contribution in [0.1, 0.15) is 30.9 Å². The van der Waals surface area contributed by atoms with Crippen LogP contribution in [-0.4, -0.2) is 16.7 Å². The highest BCUT2D eigenvalue weighted by molar-refractivity contribution is 5.71. The summed E-state index contributed by atoms with van der Waals surface area (Å²) in [4.78, 5) is 0. The number of anilines is 1. The molecule has 1 aliphatic rings. The van der Waals surface area contributed by atoms with Crippen molar-refractivity contribution in [3.05, 3.63) is 41.5 Å². The number of fused-ring (bicyclic) bond motifs is 3. The third-order valence-corrected chi connectivity index (χ3v) is 3.50. The summed E-state index contributed by atoms with van der Waals surface area (Å²) in [6, 6.07) is 10.6. The van der Waals surface area contributed by atoms with Gasteiger partial charge in [-0.25, -0.2) is 0 Å². The van der Waals surface area contributed by atoms with Crippen LogP contribution in [0.2, 0.25) is 0 Å². The van der Waals surface area contributed by atoms with E-state index in [-0.39, 0.29) is 0 Å². The maximum absolute atomic E-state index is 4.40. The lowest BCUT2D eigenvalue weighted by molar-refractivity contribution is 0.738. The van der Waals surface area contributed by atoms with Crippen LogP contribution in [0.4, 0.5) is 5.82 Å². The Morgan fingerprint density at radius 3 is 2.94 bits per heavy atom. The van der Waals surface area contributed by atoms with Crippen molar-refractivity contribution >= 4 is 5.82 Å². The number of nitrogens with one attached hydrogen (secondary N) is 1. The number of hydrogen-bond donors (Lipinski definition) is 1. The molecule has 3 rings (SSSR count). The Morgan fingerprint density at radius 2 is 2.11 bits per heavy atom. The van der Waals surface area contributed by atoms with E-state index in [0.717, 1.165) is 24.5 Å².